The van der Waals surface area contributed by atoms with E-state index in [1.165, 1.54) is 20.2 Å². The van der Waals surface area contributed by atoms with Crippen molar-refractivity contribution in [1.82, 2.24) is 19.5 Å². The molecule has 0 amide bonds. The fraction of sp³-hybridized carbons (Fsp3) is 0. The van der Waals surface area contributed by atoms with E-state index in [9.17, 15) is 0 Å². The third-order valence-corrected chi connectivity index (χ3v) is 11.0. The van der Waals surface area contributed by atoms with Crippen molar-refractivity contribution in [3.8, 4) is 39.9 Å². The van der Waals surface area contributed by atoms with Crippen LogP contribution in [0.5, 0.6) is 0 Å². The number of furan rings is 1. The number of fused-ring (bicyclic) bond motifs is 9. The predicted octanol–water partition coefficient (Wildman–Crippen LogP) is 12.2. The van der Waals surface area contributed by atoms with E-state index in [1.54, 1.807) is 0 Å². The van der Waals surface area contributed by atoms with E-state index in [1.807, 2.05) is 53.8 Å². The molecule has 5 nitrogen and oxygen atoms in total. The quantitative estimate of drug-likeness (QED) is 0.187. The van der Waals surface area contributed by atoms with Gasteiger partial charge in [0.25, 0.3) is 0 Å². The Morgan fingerprint density at radius 3 is 1.92 bits per heavy atom. The summed E-state index contributed by atoms with van der Waals surface area (Å²) in [5, 5.41) is 6.96. The van der Waals surface area contributed by atoms with Gasteiger partial charge in [-0.1, -0.05) is 115 Å². The molecule has 0 fully saturated rings. The molecular weight excluding hydrogens is 645 g/mol. The summed E-state index contributed by atoms with van der Waals surface area (Å²) in [6.45, 7) is 0. The van der Waals surface area contributed by atoms with Gasteiger partial charge < -0.3 is 4.42 Å². The lowest BCUT2D eigenvalue weighted by molar-refractivity contribution is 0.669. The number of aromatic nitrogens is 4. The van der Waals surface area contributed by atoms with Gasteiger partial charge in [0.15, 0.2) is 11.6 Å². The van der Waals surface area contributed by atoms with Gasteiger partial charge in [0, 0.05) is 47.3 Å². The highest BCUT2D eigenvalue weighted by atomic mass is 32.1. The zero-order valence-electron chi connectivity index (χ0n) is 27.1. The zero-order chi connectivity index (χ0) is 33.5. The molecule has 4 aromatic heterocycles. The second kappa shape index (κ2) is 10.9. The Hall–Kier alpha value is -6.63. The van der Waals surface area contributed by atoms with Crippen molar-refractivity contribution in [3.05, 3.63) is 158 Å². The lowest BCUT2D eigenvalue weighted by Crippen LogP contribution is -2.06. The first-order valence-corrected chi connectivity index (χ1v) is 17.8. The fourth-order valence-corrected chi connectivity index (χ4v) is 8.68. The number of benzene rings is 7. The summed E-state index contributed by atoms with van der Waals surface area (Å²) in [7, 11) is 0. The molecule has 0 radical (unpaired) electrons. The van der Waals surface area contributed by atoms with Gasteiger partial charge in [0.05, 0.1) is 16.6 Å². The number of hydrogen-bond acceptors (Lipinski definition) is 5. The Kier molecular flexibility index (Phi) is 6.05. The van der Waals surface area contributed by atoms with Gasteiger partial charge in [-0.15, -0.1) is 11.3 Å². The van der Waals surface area contributed by atoms with E-state index in [0.29, 0.717) is 17.6 Å². The zero-order valence-corrected chi connectivity index (χ0v) is 27.9. The first-order chi connectivity index (χ1) is 25.3. The number of thiophene rings is 1. The van der Waals surface area contributed by atoms with Gasteiger partial charge in [-0.3, -0.25) is 4.57 Å². The molecule has 0 aliphatic heterocycles. The van der Waals surface area contributed by atoms with Gasteiger partial charge in [0.1, 0.15) is 11.2 Å². The molecule has 51 heavy (non-hydrogen) atoms. The Balaban J connectivity index is 1.16. The van der Waals surface area contributed by atoms with Gasteiger partial charge in [-0.05, 0) is 53.6 Å². The molecule has 6 heteroatoms. The topological polar surface area (TPSA) is 56.7 Å². The van der Waals surface area contributed by atoms with E-state index in [4.69, 9.17) is 19.4 Å². The average molecular weight is 671 g/mol. The SMILES string of the molecule is c1ccc(-c2nc(-c3cccc4c3oc3cccc(-c5ccc6sc7ccccc7c6c5)c34)nc(-n3c4ccccc4c4ccccc43)n2)cc1. The molecule has 0 N–H and O–H groups in total. The summed E-state index contributed by atoms with van der Waals surface area (Å²) in [4.78, 5) is 15.4. The molecule has 11 rings (SSSR count). The predicted molar refractivity (Wildman–Crippen MR) is 211 cm³/mol. The van der Waals surface area contributed by atoms with Crippen molar-refractivity contribution in [2.75, 3.05) is 0 Å². The lowest BCUT2D eigenvalue weighted by Gasteiger charge is -2.11. The van der Waals surface area contributed by atoms with Crippen molar-refractivity contribution in [2.45, 2.75) is 0 Å². The summed E-state index contributed by atoms with van der Waals surface area (Å²) < 4.78 is 11.5. The first-order valence-electron chi connectivity index (χ1n) is 16.9. The smallest absolute Gasteiger partial charge is 0.238 e. The van der Waals surface area contributed by atoms with Gasteiger partial charge in [-0.2, -0.15) is 9.97 Å². The molecule has 4 heterocycles. The van der Waals surface area contributed by atoms with Crippen LogP contribution in [-0.2, 0) is 0 Å². The Labute approximate surface area is 295 Å². The van der Waals surface area contributed by atoms with Crippen LogP contribution >= 0.6 is 11.3 Å². The summed E-state index contributed by atoms with van der Waals surface area (Å²) in [6, 6.07) is 54.9. The van der Waals surface area contributed by atoms with Gasteiger partial charge in [0.2, 0.25) is 5.95 Å². The summed E-state index contributed by atoms with van der Waals surface area (Å²) in [6.07, 6.45) is 0. The maximum Gasteiger partial charge on any atom is 0.238 e. The largest absolute Gasteiger partial charge is 0.455 e. The van der Waals surface area contributed by atoms with Crippen LogP contribution in [0.3, 0.4) is 0 Å². The normalized spacial score (nSPS) is 11.9. The number of rotatable bonds is 4. The third-order valence-electron chi connectivity index (χ3n) is 9.89. The minimum Gasteiger partial charge on any atom is -0.455 e. The second-order valence-corrected chi connectivity index (χ2v) is 13.9. The molecule has 11 aromatic rings. The van der Waals surface area contributed by atoms with E-state index in [0.717, 1.165) is 66.0 Å². The van der Waals surface area contributed by atoms with Crippen LogP contribution in [0, 0.1) is 0 Å². The van der Waals surface area contributed by atoms with Crippen LogP contribution in [0.25, 0.3) is 104 Å². The standard InChI is InChI=1S/C45H26N4OS/c1-2-12-27(13-3-1)43-46-44(48-45(47-43)49-36-20-7-4-14-30(36)31-15-5-8-21-37(31)49)34-19-10-18-33-41-29(17-11-22-38(41)50-42(33)34)28-24-25-40-35(26-28)32-16-6-9-23-39(32)51-40/h1-26H. The van der Waals surface area contributed by atoms with Crippen LogP contribution in [0.2, 0.25) is 0 Å². The van der Waals surface area contributed by atoms with Crippen molar-refractivity contribution in [2.24, 2.45) is 0 Å². The van der Waals surface area contributed by atoms with E-state index >= 15 is 0 Å². The van der Waals surface area contributed by atoms with Crippen LogP contribution in [0.15, 0.2) is 162 Å². The Morgan fingerprint density at radius 1 is 0.451 bits per heavy atom. The summed E-state index contributed by atoms with van der Waals surface area (Å²) in [5.41, 5.74) is 7.67. The molecule has 0 atom stereocenters. The Bertz CT molecular complexity index is 3100. The molecule has 238 valence electrons. The maximum absolute atomic E-state index is 6.75. The fourth-order valence-electron chi connectivity index (χ4n) is 7.60. The average Bonchev–Trinajstić information content (AvgIpc) is 3.87. The summed E-state index contributed by atoms with van der Waals surface area (Å²) >= 11 is 1.83. The monoisotopic (exact) mass is 670 g/mol. The van der Waals surface area contributed by atoms with E-state index in [2.05, 4.69) is 120 Å². The minimum absolute atomic E-state index is 0.554. The molecule has 0 unspecified atom stereocenters. The van der Waals surface area contributed by atoms with Crippen LogP contribution < -0.4 is 0 Å². The van der Waals surface area contributed by atoms with Crippen LogP contribution in [0.1, 0.15) is 0 Å². The van der Waals surface area contributed by atoms with Crippen molar-refractivity contribution in [1.29, 1.82) is 0 Å². The van der Waals surface area contributed by atoms with Crippen molar-refractivity contribution < 1.29 is 4.42 Å². The third kappa shape index (κ3) is 4.30. The van der Waals surface area contributed by atoms with E-state index in [-0.39, 0.29) is 0 Å². The minimum atomic E-state index is 0.554. The van der Waals surface area contributed by atoms with Crippen LogP contribution in [0.4, 0.5) is 0 Å². The molecule has 7 aromatic carbocycles. The molecule has 0 saturated carbocycles. The highest BCUT2D eigenvalue weighted by molar-refractivity contribution is 7.25. The lowest BCUT2D eigenvalue weighted by atomic mass is 9.97. The molecule has 0 bridgehead atoms. The number of nitrogens with zero attached hydrogens (tertiary/aromatic N) is 4. The first kappa shape index (κ1) is 28.2. The maximum atomic E-state index is 6.75. The molecule has 0 spiro atoms. The molecular formula is C45H26N4OS. The van der Waals surface area contributed by atoms with E-state index < -0.39 is 0 Å². The Morgan fingerprint density at radius 2 is 1.10 bits per heavy atom. The number of para-hydroxylation sites is 3. The number of hydrogen-bond donors (Lipinski definition) is 0. The van der Waals surface area contributed by atoms with Gasteiger partial charge >= 0.3 is 0 Å². The molecule has 0 aliphatic carbocycles. The molecule has 0 aliphatic rings. The summed E-state index contributed by atoms with van der Waals surface area (Å²) in [5.74, 6) is 1.71. The van der Waals surface area contributed by atoms with Gasteiger partial charge in [-0.25, -0.2) is 4.98 Å². The highest BCUT2D eigenvalue weighted by Crippen LogP contribution is 2.42. The highest BCUT2D eigenvalue weighted by Gasteiger charge is 2.21. The second-order valence-electron chi connectivity index (χ2n) is 12.8. The van der Waals surface area contributed by atoms with Crippen molar-refractivity contribution in [3.63, 3.8) is 0 Å². The molecule has 0 saturated heterocycles. The van der Waals surface area contributed by atoms with Crippen molar-refractivity contribution >= 4 is 75.3 Å². The van der Waals surface area contributed by atoms with Crippen LogP contribution in [-0.4, -0.2) is 19.5 Å².